The standard InChI is InChI=1S/C29H44N2O3/c1-18(6-9-26(34)31-20-5-4-14-30-17-20)22-7-8-23-27-24(11-13-29(22,23)3)28(2)12-10-21(32)15-19(28)16-25(27)33/h4-5,14,17-19,21-25,27,32-33H,6-13,15-16H2,1-3H3,(H,31,34)/t18-,19+,21-,22+,23-,24-,25+,27-,28+,29-/m1/s1. The predicted molar refractivity (Wildman–Crippen MR) is 134 cm³/mol. The third-order valence-electron chi connectivity index (χ3n) is 11.2. The van der Waals surface area contributed by atoms with Gasteiger partial charge < -0.3 is 15.5 Å². The molecular weight excluding hydrogens is 424 g/mol. The van der Waals surface area contributed by atoms with Crippen LogP contribution < -0.4 is 5.32 Å². The smallest absolute Gasteiger partial charge is 0.224 e. The molecule has 4 saturated carbocycles. The molecule has 0 aliphatic heterocycles. The van der Waals surface area contributed by atoms with Crippen molar-refractivity contribution in [2.24, 2.45) is 46.3 Å². The Morgan fingerprint density at radius 1 is 1.12 bits per heavy atom. The van der Waals surface area contributed by atoms with E-state index in [4.69, 9.17) is 0 Å². The number of fused-ring (bicyclic) bond motifs is 5. The Morgan fingerprint density at radius 2 is 1.88 bits per heavy atom. The van der Waals surface area contributed by atoms with Crippen molar-refractivity contribution < 1.29 is 15.0 Å². The number of nitrogens with zero attached hydrogens (tertiary/aromatic N) is 1. The van der Waals surface area contributed by atoms with Crippen LogP contribution >= 0.6 is 0 Å². The van der Waals surface area contributed by atoms with Gasteiger partial charge in [-0.3, -0.25) is 9.78 Å². The molecule has 5 rings (SSSR count). The molecule has 1 aromatic rings. The van der Waals surface area contributed by atoms with Crippen molar-refractivity contribution in [2.45, 2.75) is 97.2 Å². The minimum Gasteiger partial charge on any atom is -0.393 e. The monoisotopic (exact) mass is 468 g/mol. The Morgan fingerprint density at radius 3 is 2.65 bits per heavy atom. The summed E-state index contributed by atoms with van der Waals surface area (Å²) in [4.78, 5) is 16.6. The fourth-order valence-corrected chi connectivity index (χ4v) is 9.40. The van der Waals surface area contributed by atoms with E-state index in [9.17, 15) is 15.0 Å². The zero-order valence-corrected chi connectivity index (χ0v) is 21.2. The quantitative estimate of drug-likeness (QED) is 0.538. The number of carbonyl (C=O) groups excluding carboxylic acids is 1. The lowest BCUT2D eigenvalue weighted by Crippen LogP contribution is -2.58. The van der Waals surface area contributed by atoms with Crippen LogP contribution in [0.5, 0.6) is 0 Å². The van der Waals surface area contributed by atoms with E-state index in [-0.39, 0.29) is 28.9 Å². The predicted octanol–water partition coefficient (Wildman–Crippen LogP) is 5.43. The molecule has 0 aromatic carbocycles. The zero-order valence-electron chi connectivity index (χ0n) is 21.2. The number of aliphatic hydroxyl groups is 2. The topological polar surface area (TPSA) is 82.5 Å². The van der Waals surface area contributed by atoms with E-state index in [1.807, 2.05) is 12.1 Å². The molecule has 0 saturated heterocycles. The molecule has 1 amide bonds. The van der Waals surface area contributed by atoms with Crippen LogP contribution in [0.3, 0.4) is 0 Å². The van der Waals surface area contributed by atoms with E-state index >= 15 is 0 Å². The van der Waals surface area contributed by atoms with Gasteiger partial charge in [-0.2, -0.15) is 0 Å². The third-order valence-corrected chi connectivity index (χ3v) is 11.2. The summed E-state index contributed by atoms with van der Waals surface area (Å²) < 4.78 is 0. The second kappa shape index (κ2) is 9.20. The van der Waals surface area contributed by atoms with Gasteiger partial charge in [0.2, 0.25) is 5.91 Å². The first-order valence-electron chi connectivity index (χ1n) is 13.8. The zero-order chi connectivity index (χ0) is 24.1. The van der Waals surface area contributed by atoms with Crippen molar-refractivity contribution in [1.82, 2.24) is 4.98 Å². The summed E-state index contributed by atoms with van der Waals surface area (Å²) >= 11 is 0. The Balaban J connectivity index is 1.25. The number of pyridine rings is 1. The first-order valence-corrected chi connectivity index (χ1v) is 13.8. The number of nitrogens with one attached hydrogen (secondary N) is 1. The molecule has 4 aliphatic carbocycles. The molecule has 34 heavy (non-hydrogen) atoms. The van der Waals surface area contributed by atoms with Crippen molar-refractivity contribution in [3.63, 3.8) is 0 Å². The number of aromatic nitrogens is 1. The van der Waals surface area contributed by atoms with Crippen LogP contribution in [-0.2, 0) is 4.79 Å². The molecule has 10 atom stereocenters. The van der Waals surface area contributed by atoms with Crippen molar-refractivity contribution in [1.29, 1.82) is 0 Å². The number of hydrogen-bond donors (Lipinski definition) is 3. The van der Waals surface area contributed by atoms with Gasteiger partial charge >= 0.3 is 0 Å². The normalized spacial score (nSPS) is 44.4. The van der Waals surface area contributed by atoms with Crippen molar-refractivity contribution in [2.75, 3.05) is 5.32 Å². The van der Waals surface area contributed by atoms with Gasteiger partial charge in [-0.25, -0.2) is 0 Å². The van der Waals surface area contributed by atoms with E-state index in [1.54, 1.807) is 12.4 Å². The summed E-state index contributed by atoms with van der Waals surface area (Å²) in [7, 11) is 0. The molecule has 188 valence electrons. The van der Waals surface area contributed by atoms with E-state index in [1.165, 1.54) is 25.7 Å². The molecular formula is C29H44N2O3. The number of carbonyl (C=O) groups is 1. The molecule has 0 spiro atoms. The van der Waals surface area contributed by atoms with Gasteiger partial charge in [-0.15, -0.1) is 0 Å². The fraction of sp³-hybridized carbons (Fsp3) is 0.793. The maximum Gasteiger partial charge on any atom is 0.224 e. The number of anilines is 1. The maximum atomic E-state index is 12.5. The van der Waals surface area contributed by atoms with Gasteiger partial charge in [-0.1, -0.05) is 20.8 Å². The summed E-state index contributed by atoms with van der Waals surface area (Å²) in [6.45, 7) is 7.33. The van der Waals surface area contributed by atoms with Gasteiger partial charge in [0.25, 0.3) is 0 Å². The second-order valence-corrected chi connectivity index (χ2v) is 12.8. The lowest BCUT2D eigenvalue weighted by Gasteiger charge is -2.62. The van der Waals surface area contributed by atoms with Crippen LogP contribution in [0.15, 0.2) is 24.5 Å². The third kappa shape index (κ3) is 4.11. The van der Waals surface area contributed by atoms with Crippen LogP contribution in [0.25, 0.3) is 0 Å². The van der Waals surface area contributed by atoms with Crippen molar-refractivity contribution in [3.8, 4) is 0 Å². The lowest BCUT2D eigenvalue weighted by molar-refractivity contribution is -0.174. The highest BCUT2D eigenvalue weighted by Gasteiger charge is 2.62. The Labute approximate surface area is 205 Å². The number of amides is 1. The van der Waals surface area contributed by atoms with Gasteiger partial charge in [-0.05, 0) is 116 Å². The molecule has 1 heterocycles. The highest BCUT2D eigenvalue weighted by atomic mass is 16.3. The molecule has 0 bridgehead atoms. The van der Waals surface area contributed by atoms with Crippen LogP contribution in [0.2, 0.25) is 0 Å². The molecule has 4 fully saturated rings. The molecule has 0 radical (unpaired) electrons. The first kappa shape index (κ1) is 24.2. The fourth-order valence-electron chi connectivity index (χ4n) is 9.40. The number of rotatable bonds is 5. The Hall–Kier alpha value is -1.46. The molecule has 1 aromatic heterocycles. The maximum absolute atomic E-state index is 12.5. The highest BCUT2D eigenvalue weighted by molar-refractivity contribution is 5.90. The van der Waals surface area contributed by atoms with Crippen LogP contribution in [0.4, 0.5) is 5.69 Å². The first-order chi connectivity index (χ1) is 16.2. The summed E-state index contributed by atoms with van der Waals surface area (Å²) in [6, 6.07) is 3.72. The summed E-state index contributed by atoms with van der Waals surface area (Å²) in [5.74, 6) is 3.24. The van der Waals surface area contributed by atoms with E-state index in [0.29, 0.717) is 41.9 Å². The Bertz CT molecular complexity index is 877. The summed E-state index contributed by atoms with van der Waals surface area (Å²) in [6.07, 6.45) is 13.1. The highest BCUT2D eigenvalue weighted by Crippen LogP contribution is 2.68. The Kier molecular flexibility index (Phi) is 6.56. The molecule has 5 heteroatoms. The van der Waals surface area contributed by atoms with Crippen molar-refractivity contribution in [3.05, 3.63) is 24.5 Å². The van der Waals surface area contributed by atoms with Crippen LogP contribution in [0.1, 0.15) is 85.0 Å². The van der Waals surface area contributed by atoms with E-state index < -0.39 is 0 Å². The number of hydrogen-bond acceptors (Lipinski definition) is 4. The molecule has 4 aliphatic rings. The van der Waals surface area contributed by atoms with Gasteiger partial charge in [0.1, 0.15) is 0 Å². The molecule has 3 N–H and O–H groups in total. The lowest BCUT2D eigenvalue weighted by atomic mass is 9.43. The van der Waals surface area contributed by atoms with E-state index in [0.717, 1.165) is 37.8 Å². The summed E-state index contributed by atoms with van der Waals surface area (Å²) in [5, 5.41) is 24.7. The number of aliphatic hydroxyl groups excluding tert-OH is 2. The van der Waals surface area contributed by atoms with Gasteiger partial charge in [0.15, 0.2) is 0 Å². The second-order valence-electron chi connectivity index (χ2n) is 12.8. The largest absolute Gasteiger partial charge is 0.393 e. The SMILES string of the molecule is C[C@H](CCC(=O)Nc1cccnc1)[C@@H]1CC[C@@H]2[C@@H]3[C@@H](CC[C@@]21C)[C@@]1(C)CC[C@@H](O)C[C@H]1C[C@@H]3O. The molecule has 0 unspecified atom stereocenters. The van der Waals surface area contributed by atoms with E-state index in [2.05, 4.69) is 31.1 Å². The minimum absolute atomic E-state index is 0.0735. The molecule has 5 nitrogen and oxygen atoms in total. The van der Waals surface area contributed by atoms with Gasteiger partial charge in [0, 0.05) is 12.6 Å². The summed E-state index contributed by atoms with van der Waals surface area (Å²) in [5.41, 5.74) is 1.30. The van der Waals surface area contributed by atoms with Crippen LogP contribution in [0, 0.1) is 46.3 Å². The minimum atomic E-state index is -0.225. The average Bonchev–Trinajstić information content (AvgIpc) is 3.16. The van der Waals surface area contributed by atoms with Crippen LogP contribution in [-0.4, -0.2) is 33.3 Å². The van der Waals surface area contributed by atoms with Crippen molar-refractivity contribution >= 4 is 11.6 Å². The van der Waals surface area contributed by atoms with Gasteiger partial charge in [0.05, 0.1) is 24.1 Å². The average molecular weight is 469 g/mol.